The Labute approximate surface area is 147 Å². The van der Waals surface area contributed by atoms with E-state index in [1.807, 2.05) is 0 Å². The Morgan fingerprint density at radius 2 is 1.85 bits per heavy atom. The maximum atomic E-state index is 12.6. The normalized spacial score (nSPS) is 17.5. The van der Waals surface area contributed by atoms with Crippen LogP contribution in [0.25, 0.3) is 0 Å². The van der Waals surface area contributed by atoms with Gasteiger partial charge in [-0.2, -0.15) is 13.2 Å². The van der Waals surface area contributed by atoms with Crippen molar-refractivity contribution in [2.75, 3.05) is 6.26 Å². The first kappa shape index (κ1) is 18.2. The van der Waals surface area contributed by atoms with Gasteiger partial charge in [0, 0.05) is 12.3 Å². The quantitative estimate of drug-likeness (QED) is 0.871. The Morgan fingerprint density at radius 3 is 2.38 bits per heavy atom. The van der Waals surface area contributed by atoms with Gasteiger partial charge >= 0.3 is 6.18 Å². The van der Waals surface area contributed by atoms with Gasteiger partial charge in [0.1, 0.15) is 11.9 Å². The van der Waals surface area contributed by atoms with Crippen LogP contribution in [0.15, 0.2) is 59.6 Å². The molecule has 138 valence electrons. The lowest BCUT2D eigenvalue weighted by Gasteiger charge is -2.10. The molecule has 1 aromatic carbocycles. The average molecular weight is 386 g/mol. The molecule has 1 aliphatic rings. The zero-order chi connectivity index (χ0) is 18.9. The Hall–Kier alpha value is -2.59. The van der Waals surface area contributed by atoms with Crippen molar-refractivity contribution in [2.45, 2.75) is 17.3 Å². The van der Waals surface area contributed by atoms with E-state index < -0.39 is 27.7 Å². The van der Waals surface area contributed by atoms with Crippen LogP contribution in [0.5, 0.6) is 5.75 Å². The summed E-state index contributed by atoms with van der Waals surface area (Å²) in [4.78, 5) is 9.05. The molecule has 0 radical (unpaired) electrons. The maximum absolute atomic E-state index is 12.6. The van der Waals surface area contributed by atoms with Crippen molar-refractivity contribution >= 4 is 9.84 Å². The zero-order valence-corrected chi connectivity index (χ0v) is 14.1. The number of halogens is 3. The van der Waals surface area contributed by atoms with Crippen molar-refractivity contribution in [3.63, 3.8) is 0 Å². The molecule has 0 bridgehead atoms. The number of benzene rings is 1. The summed E-state index contributed by atoms with van der Waals surface area (Å²) in [6, 6.07) is 7.30. The van der Waals surface area contributed by atoms with Gasteiger partial charge in [0.2, 0.25) is 5.88 Å². The molecule has 3 rings (SSSR count). The number of hydroxylamine groups is 1. The smallest absolute Gasteiger partial charge is 0.416 e. The van der Waals surface area contributed by atoms with Gasteiger partial charge in [0.05, 0.1) is 11.8 Å². The van der Waals surface area contributed by atoms with Gasteiger partial charge in [-0.3, -0.25) is 4.84 Å². The summed E-state index contributed by atoms with van der Waals surface area (Å²) in [5.41, 5.74) is 2.28. The van der Waals surface area contributed by atoms with E-state index in [1.165, 1.54) is 36.5 Å². The fourth-order valence-electron chi connectivity index (χ4n) is 2.18. The predicted molar refractivity (Wildman–Crippen MR) is 84.5 cm³/mol. The minimum Gasteiger partial charge on any atom is -0.438 e. The Bertz CT molecular complexity index is 923. The minimum absolute atomic E-state index is 0.0860. The average Bonchev–Trinajstić information content (AvgIpc) is 3.02. The van der Waals surface area contributed by atoms with E-state index in [4.69, 9.17) is 9.57 Å². The fourth-order valence-corrected chi connectivity index (χ4v) is 2.74. The molecule has 0 spiro atoms. The first-order valence-electron chi connectivity index (χ1n) is 7.27. The molecule has 6 nitrogen and oxygen atoms in total. The van der Waals surface area contributed by atoms with Gasteiger partial charge in [-0.1, -0.05) is 12.1 Å². The molecular formula is C16H13F3N2O4S. The zero-order valence-electron chi connectivity index (χ0n) is 13.3. The Kier molecular flexibility index (Phi) is 4.63. The number of pyridine rings is 1. The second-order valence-electron chi connectivity index (χ2n) is 5.50. The third kappa shape index (κ3) is 4.14. The summed E-state index contributed by atoms with van der Waals surface area (Å²) in [5, 5.41) is -0.0860. The van der Waals surface area contributed by atoms with Crippen LogP contribution in [-0.4, -0.2) is 19.7 Å². The monoisotopic (exact) mass is 386 g/mol. The SMILES string of the molecule is CS(=O)(=O)c1ccc(OC2=C[C@H](c3ccc(C(F)(F)F)cc3)ON2)cn1. The molecule has 0 unspecified atom stereocenters. The van der Waals surface area contributed by atoms with E-state index in [0.717, 1.165) is 18.4 Å². The highest BCUT2D eigenvalue weighted by molar-refractivity contribution is 7.90. The van der Waals surface area contributed by atoms with Crippen LogP contribution in [0.2, 0.25) is 0 Å². The van der Waals surface area contributed by atoms with Crippen molar-refractivity contribution in [1.29, 1.82) is 0 Å². The molecule has 1 aliphatic heterocycles. The van der Waals surface area contributed by atoms with Crippen LogP contribution in [-0.2, 0) is 20.9 Å². The number of aromatic nitrogens is 1. The molecule has 2 aromatic rings. The highest BCUT2D eigenvalue weighted by Gasteiger charge is 2.30. The molecule has 1 N–H and O–H groups in total. The number of nitrogens with one attached hydrogen (secondary N) is 1. The molecule has 0 amide bonds. The lowest BCUT2D eigenvalue weighted by atomic mass is 10.1. The molecule has 0 aliphatic carbocycles. The van der Waals surface area contributed by atoms with E-state index >= 15 is 0 Å². The number of hydrogen-bond acceptors (Lipinski definition) is 6. The number of rotatable bonds is 4. The van der Waals surface area contributed by atoms with E-state index in [9.17, 15) is 21.6 Å². The summed E-state index contributed by atoms with van der Waals surface area (Å²) < 4.78 is 65.9. The van der Waals surface area contributed by atoms with Crippen LogP contribution >= 0.6 is 0 Å². The van der Waals surface area contributed by atoms with E-state index in [2.05, 4.69) is 10.5 Å². The third-order valence-corrected chi connectivity index (χ3v) is 4.47. The van der Waals surface area contributed by atoms with Crippen LogP contribution in [0.3, 0.4) is 0 Å². The molecule has 0 saturated carbocycles. The van der Waals surface area contributed by atoms with Gasteiger partial charge in [-0.25, -0.2) is 18.9 Å². The Balaban J connectivity index is 1.70. The number of hydrogen-bond donors (Lipinski definition) is 1. The van der Waals surface area contributed by atoms with Crippen LogP contribution in [0.4, 0.5) is 13.2 Å². The molecule has 1 atom stereocenters. The Morgan fingerprint density at radius 1 is 1.15 bits per heavy atom. The molecule has 26 heavy (non-hydrogen) atoms. The number of ether oxygens (including phenoxy) is 1. The van der Waals surface area contributed by atoms with Gasteiger partial charge in [-0.05, 0) is 29.8 Å². The standard InChI is InChI=1S/C16H13F3N2O4S/c1-26(22,23)15-7-6-12(9-20-15)24-14-8-13(25-21-14)10-2-4-11(5-3-10)16(17,18)19/h2-9,13,21H,1H3/t13-/m1/s1. The van der Waals surface area contributed by atoms with E-state index in [-0.39, 0.29) is 16.7 Å². The first-order valence-corrected chi connectivity index (χ1v) is 9.17. The molecule has 2 heterocycles. The lowest BCUT2D eigenvalue weighted by Crippen LogP contribution is -2.12. The highest BCUT2D eigenvalue weighted by atomic mass is 32.2. The number of alkyl halides is 3. The van der Waals surface area contributed by atoms with Gasteiger partial charge < -0.3 is 4.74 Å². The van der Waals surface area contributed by atoms with Crippen LogP contribution in [0.1, 0.15) is 17.2 Å². The summed E-state index contributed by atoms with van der Waals surface area (Å²) >= 11 is 0. The molecular weight excluding hydrogens is 373 g/mol. The van der Waals surface area contributed by atoms with Crippen molar-refractivity contribution in [2.24, 2.45) is 0 Å². The summed E-state index contributed by atoms with van der Waals surface area (Å²) in [5.74, 6) is 0.483. The lowest BCUT2D eigenvalue weighted by molar-refractivity contribution is -0.137. The van der Waals surface area contributed by atoms with Gasteiger partial charge in [0.15, 0.2) is 14.9 Å². The van der Waals surface area contributed by atoms with Crippen molar-refractivity contribution in [3.8, 4) is 5.75 Å². The first-order chi connectivity index (χ1) is 12.1. The topological polar surface area (TPSA) is 77.5 Å². The summed E-state index contributed by atoms with van der Waals surface area (Å²) in [6.07, 6.45) is -1.21. The second kappa shape index (κ2) is 6.61. The van der Waals surface area contributed by atoms with Gasteiger partial charge in [0.25, 0.3) is 0 Å². The molecule has 0 saturated heterocycles. The van der Waals surface area contributed by atoms with E-state index in [0.29, 0.717) is 5.56 Å². The largest absolute Gasteiger partial charge is 0.438 e. The third-order valence-electron chi connectivity index (χ3n) is 3.47. The maximum Gasteiger partial charge on any atom is 0.416 e. The van der Waals surface area contributed by atoms with E-state index in [1.54, 1.807) is 0 Å². The number of nitrogens with zero attached hydrogens (tertiary/aromatic N) is 1. The predicted octanol–water partition coefficient (Wildman–Crippen LogP) is 3.00. The van der Waals surface area contributed by atoms with Gasteiger partial charge in [-0.15, -0.1) is 0 Å². The van der Waals surface area contributed by atoms with Crippen molar-refractivity contribution < 1.29 is 31.2 Å². The van der Waals surface area contributed by atoms with Crippen molar-refractivity contribution in [3.05, 3.63) is 65.7 Å². The number of sulfone groups is 1. The second-order valence-corrected chi connectivity index (χ2v) is 7.46. The highest BCUT2D eigenvalue weighted by Crippen LogP contribution is 2.31. The van der Waals surface area contributed by atoms with Crippen molar-refractivity contribution in [1.82, 2.24) is 10.5 Å². The minimum atomic E-state index is -4.40. The molecule has 1 aromatic heterocycles. The van der Waals surface area contributed by atoms with Crippen LogP contribution in [0, 0.1) is 0 Å². The summed E-state index contributed by atoms with van der Waals surface area (Å²) in [7, 11) is -3.41. The molecule has 10 heteroatoms. The fraction of sp³-hybridized carbons (Fsp3) is 0.188. The molecule has 0 fully saturated rings. The summed E-state index contributed by atoms with van der Waals surface area (Å²) in [6.45, 7) is 0. The van der Waals surface area contributed by atoms with Crippen LogP contribution < -0.4 is 10.2 Å².